The van der Waals surface area contributed by atoms with Crippen molar-refractivity contribution in [1.82, 2.24) is 0 Å². The lowest BCUT2D eigenvalue weighted by Gasteiger charge is -2.32. The summed E-state index contributed by atoms with van der Waals surface area (Å²) >= 11 is 0. The predicted molar refractivity (Wildman–Crippen MR) is 71.4 cm³/mol. The predicted octanol–water partition coefficient (Wildman–Crippen LogP) is 2.64. The van der Waals surface area contributed by atoms with E-state index in [1.807, 2.05) is 26.0 Å². The second-order valence-electron chi connectivity index (χ2n) is 5.01. The summed E-state index contributed by atoms with van der Waals surface area (Å²) in [5, 5.41) is 11.4. The third-order valence-corrected chi connectivity index (χ3v) is 3.05. The van der Waals surface area contributed by atoms with Crippen LogP contribution in [0.5, 0.6) is 5.75 Å². The Morgan fingerprint density at radius 2 is 2.16 bits per heavy atom. The Morgan fingerprint density at radius 1 is 1.37 bits per heavy atom. The van der Waals surface area contributed by atoms with Gasteiger partial charge in [0.2, 0.25) is 0 Å². The molecule has 1 aromatic rings. The molecule has 0 atom stereocenters. The van der Waals surface area contributed by atoms with Crippen molar-refractivity contribution >= 4 is 11.8 Å². The summed E-state index contributed by atoms with van der Waals surface area (Å²) in [7, 11) is 0. The minimum atomic E-state index is -0.632. The summed E-state index contributed by atoms with van der Waals surface area (Å²) in [6, 6.07) is 5.56. The lowest BCUT2D eigenvalue weighted by molar-refractivity contribution is 0.0420. The summed E-state index contributed by atoms with van der Waals surface area (Å²) in [4.78, 5) is 11.5. The van der Waals surface area contributed by atoms with Gasteiger partial charge in [0.15, 0.2) is 0 Å². The average molecular weight is 265 g/mol. The number of aliphatic hydroxyl groups is 1. The maximum atomic E-state index is 11.5. The van der Waals surface area contributed by atoms with Gasteiger partial charge in [-0.3, -0.25) is 5.32 Å². The fourth-order valence-electron chi connectivity index (χ4n) is 2.07. The molecule has 5 nitrogen and oxygen atoms in total. The van der Waals surface area contributed by atoms with Crippen LogP contribution >= 0.6 is 0 Å². The molecule has 0 saturated carbocycles. The maximum absolute atomic E-state index is 11.5. The Balaban J connectivity index is 2.10. The van der Waals surface area contributed by atoms with Crippen molar-refractivity contribution in [2.75, 3.05) is 18.5 Å². The van der Waals surface area contributed by atoms with Gasteiger partial charge >= 0.3 is 6.09 Å². The van der Waals surface area contributed by atoms with Crippen LogP contribution in [0.2, 0.25) is 0 Å². The number of carbonyl (C=O) groups is 1. The molecular weight excluding hydrogens is 246 g/mol. The van der Waals surface area contributed by atoms with Crippen LogP contribution in [0.15, 0.2) is 18.2 Å². The fourth-order valence-corrected chi connectivity index (χ4v) is 2.07. The van der Waals surface area contributed by atoms with E-state index in [2.05, 4.69) is 5.32 Å². The first kappa shape index (κ1) is 13.7. The summed E-state index contributed by atoms with van der Waals surface area (Å²) in [5.74, 6) is 0.703. The van der Waals surface area contributed by atoms with Gasteiger partial charge in [0.25, 0.3) is 0 Å². The van der Waals surface area contributed by atoms with Gasteiger partial charge in [-0.2, -0.15) is 0 Å². The molecule has 1 heterocycles. The number of carbonyl (C=O) groups excluding carboxylic acids is 1. The summed E-state index contributed by atoms with van der Waals surface area (Å²) in [5.41, 5.74) is 1.02. The molecule has 0 aliphatic carbocycles. The summed E-state index contributed by atoms with van der Waals surface area (Å²) in [6.07, 6.45) is 1.08. The smallest absolute Gasteiger partial charge is 0.412 e. The monoisotopic (exact) mass is 265 g/mol. The van der Waals surface area contributed by atoms with Crippen molar-refractivity contribution in [2.24, 2.45) is 0 Å². The van der Waals surface area contributed by atoms with Crippen LogP contribution in [0.1, 0.15) is 32.3 Å². The maximum Gasteiger partial charge on any atom is 0.412 e. The number of rotatable bonds is 5. The number of benzene rings is 1. The number of aliphatic hydroxyl groups excluding tert-OH is 1. The number of cyclic esters (lactones) is 1. The number of anilines is 1. The Labute approximate surface area is 112 Å². The highest BCUT2D eigenvalue weighted by atomic mass is 16.6. The molecule has 2 rings (SSSR count). The molecule has 0 fully saturated rings. The highest BCUT2D eigenvalue weighted by Gasteiger charge is 2.33. The van der Waals surface area contributed by atoms with Crippen LogP contribution in [-0.4, -0.2) is 24.4 Å². The standard InChI is InChI=1S/C14H19NO4/c1-14(2)11-6-5-10(18-8-4-3-7-16)9-12(11)15-13(17)19-14/h5-6,9,16H,3-4,7-8H2,1-2H3,(H,15,17). The van der Waals surface area contributed by atoms with Gasteiger partial charge in [0.05, 0.1) is 12.3 Å². The molecule has 1 aromatic carbocycles. The number of nitrogens with one attached hydrogen (secondary N) is 1. The van der Waals surface area contributed by atoms with Crippen LogP contribution < -0.4 is 10.1 Å². The number of amides is 1. The zero-order valence-electron chi connectivity index (χ0n) is 11.2. The van der Waals surface area contributed by atoms with Crippen molar-refractivity contribution in [3.63, 3.8) is 0 Å². The quantitative estimate of drug-likeness (QED) is 0.803. The van der Waals surface area contributed by atoms with E-state index in [1.165, 1.54) is 0 Å². The van der Waals surface area contributed by atoms with E-state index in [9.17, 15) is 4.79 Å². The first-order valence-electron chi connectivity index (χ1n) is 6.41. The summed E-state index contributed by atoms with van der Waals surface area (Å²) < 4.78 is 10.8. The second-order valence-corrected chi connectivity index (χ2v) is 5.01. The molecule has 0 aromatic heterocycles. The van der Waals surface area contributed by atoms with Gasteiger partial charge in [0, 0.05) is 18.2 Å². The SMILES string of the molecule is CC1(C)OC(=O)Nc2cc(OCCCCO)ccc21. The van der Waals surface area contributed by atoms with E-state index < -0.39 is 11.7 Å². The molecule has 0 saturated heterocycles. The Hall–Kier alpha value is -1.75. The normalized spacial score (nSPS) is 16.3. The number of ether oxygens (including phenoxy) is 2. The lowest BCUT2D eigenvalue weighted by Crippen LogP contribution is -2.34. The first-order valence-corrected chi connectivity index (χ1v) is 6.41. The molecule has 1 aliphatic heterocycles. The number of unbranched alkanes of at least 4 members (excludes halogenated alkanes) is 1. The van der Waals surface area contributed by atoms with Gasteiger partial charge in [-0.15, -0.1) is 0 Å². The number of fused-ring (bicyclic) bond motifs is 1. The van der Waals surface area contributed by atoms with Crippen LogP contribution in [0.25, 0.3) is 0 Å². The fraction of sp³-hybridized carbons (Fsp3) is 0.500. The molecule has 104 valence electrons. The Kier molecular flexibility index (Phi) is 3.95. The third-order valence-electron chi connectivity index (χ3n) is 3.05. The van der Waals surface area contributed by atoms with Crippen LogP contribution in [0.3, 0.4) is 0 Å². The highest BCUT2D eigenvalue weighted by Crippen LogP contribution is 2.37. The van der Waals surface area contributed by atoms with Gasteiger partial charge in [-0.05, 0) is 38.8 Å². The van der Waals surface area contributed by atoms with E-state index in [0.717, 1.165) is 24.1 Å². The van der Waals surface area contributed by atoms with E-state index >= 15 is 0 Å². The van der Waals surface area contributed by atoms with Gasteiger partial charge in [0.1, 0.15) is 11.4 Å². The minimum Gasteiger partial charge on any atom is -0.494 e. The van der Waals surface area contributed by atoms with Crippen molar-refractivity contribution in [3.8, 4) is 5.75 Å². The molecule has 0 bridgehead atoms. The molecule has 0 spiro atoms. The van der Waals surface area contributed by atoms with Crippen LogP contribution in [0, 0.1) is 0 Å². The molecule has 0 radical (unpaired) electrons. The highest BCUT2D eigenvalue weighted by molar-refractivity contribution is 5.89. The molecular formula is C14H19NO4. The van der Waals surface area contributed by atoms with E-state index in [0.29, 0.717) is 12.4 Å². The van der Waals surface area contributed by atoms with Crippen molar-refractivity contribution < 1.29 is 19.4 Å². The first-order chi connectivity index (χ1) is 9.03. The molecule has 5 heteroatoms. The van der Waals surface area contributed by atoms with Crippen LogP contribution in [0.4, 0.5) is 10.5 Å². The molecule has 2 N–H and O–H groups in total. The summed E-state index contributed by atoms with van der Waals surface area (Å²) in [6.45, 7) is 4.43. The molecule has 0 unspecified atom stereocenters. The zero-order chi connectivity index (χ0) is 13.9. The third kappa shape index (κ3) is 3.17. The largest absolute Gasteiger partial charge is 0.494 e. The zero-order valence-corrected chi connectivity index (χ0v) is 11.2. The van der Waals surface area contributed by atoms with Crippen molar-refractivity contribution in [3.05, 3.63) is 23.8 Å². The number of hydrogen-bond acceptors (Lipinski definition) is 4. The second kappa shape index (κ2) is 5.48. The van der Waals surface area contributed by atoms with E-state index in [1.54, 1.807) is 6.07 Å². The molecule has 1 amide bonds. The Bertz CT molecular complexity index is 471. The molecule has 19 heavy (non-hydrogen) atoms. The Morgan fingerprint density at radius 3 is 2.89 bits per heavy atom. The average Bonchev–Trinajstić information content (AvgIpc) is 2.33. The van der Waals surface area contributed by atoms with Crippen LogP contribution in [-0.2, 0) is 10.3 Å². The molecule has 1 aliphatic rings. The lowest BCUT2D eigenvalue weighted by atomic mass is 9.95. The van der Waals surface area contributed by atoms with Crippen molar-refractivity contribution in [1.29, 1.82) is 0 Å². The number of hydrogen-bond donors (Lipinski definition) is 2. The minimum absolute atomic E-state index is 0.176. The van der Waals surface area contributed by atoms with Gasteiger partial charge < -0.3 is 14.6 Å². The van der Waals surface area contributed by atoms with Gasteiger partial charge in [-0.1, -0.05) is 0 Å². The van der Waals surface area contributed by atoms with Crippen molar-refractivity contribution in [2.45, 2.75) is 32.3 Å². The van der Waals surface area contributed by atoms with E-state index in [4.69, 9.17) is 14.6 Å². The topological polar surface area (TPSA) is 67.8 Å². The van der Waals surface area contributed by atoms with E-state index in [-0.39, 0.29) is 6.61 Å². The van der Waals surface area contributed by atoms with Gasteiger partial charge in [-0.25, -0.2) is 4.79 Å².